The molecule has 0 aliphatic heterocycles. The fraction of sp³-hybridized carbons (Fsp3) is 0.0625. The fourth-order valence-corrected chi connectivity index (χ4v) is 3.07. The van der Waals surface area contributed by atoms with Crippen LogP contribution in [0.15, 0.2) is 48.5 Å². The molecule has 0 unspecified atom stereocenters. The molecule has 0 aliphatic carbocycles. The van der Waals surface area contributed by atoms with E-state index in [4.69, 9.17) is 5.73 Å². The molecule has 0 bridgehead atoms. The summed E-state index contributed by atoms with van der Waals surface area (Å²) in [6.07, 6.45) is 0. The van der Waals surface area contributed by atoms with Gasteiger partial charge >= 0.3 is 0 Å². The molecule has 2 aromatic carbocycles. The number of carbonyl (C=O) groups excluding carboxylic acids is 1. The van der Waals surface area contributed by atoms with Crippen molar-refractivity contribution in [2.45, 2.75) is 6.54 Å². The Morgan fingerprint density at radius 1 is 1.19 bits per heavy atom. The highest BCUT2D eigenvalue weighted by molar-refractivity contribution is 7.20. The smallest absolute Gasteiger partial charge is 0.265 e. The van der Waals surface area contributed by atoms with Gasteiger partial charge in [-0.05, 0) is 41.3 Å². The second-order valence-electron chi connectivity index (χ2n) is 4.65. The molecule has 0 spiro atoms. The highest BCUT2D eigenvalue weighted by Gasteiger charge is 2.11. The van der Waals surface area contributed by atoms with E-state index in [0.29, 0.717) is 17.1 Å². The van der Waals surface area contributed by atoms with Crippen LogP contribution in [0.3, 0.4) is 0 Å². The molecule has 3 N–H and O–H groups in total. The molecule has 3 rings (SSSR count). The molecule has 3 nitrogen and oxygen atoms in total. The SMILES string of the molecule is NCc1cccc(NC(=O)c2cc3ccc(F)cc3s2)c1. The lowest BCUT2D eigenvalue weighted by Gasteiger charge is -2.05. The number of thiophene rings is 1. The Balaban J connectivity index is 1.86. The molecule has 0 fully saturated rings. The molecule has 0 aliphatic rings. The minimum absolute atomic E-state index is 0.203. The van der Waals surface area contributed by atoms with Gasteiger partial charge < -0.3 is 11.1 Å². The lowest BCUT2D eigenvalue weighted by molar-refractivity contribution is 0.103. The molecule has 0 radical (unpaired) electrons. The fourth-order valence-electron chi connectivity index (χ4n) is 2.09. The van der Waals surface area contributed by atoms with Gasteiger partial charge in [0.2, 0.25) is 0 Å². The minimum Gasteiger partial charge on any atom is -0.326 e. The summed E-state index contributed by atoms with van der Waals surface area (Å²) in [4.78, 5) is 12.8. The van der Waals surface area contributed by atoms with Crippen molar-refractivity contribution in [3.05, 3.63) is 64.8 Å². The monoisotopic (exact) mass is 300 g/mol. The summed E-state index contributed by atoms with van der Waals surface area (Å²) in [6.45, 7) is 0.422. The molecule has 1 heterocycles. The molecule has 1 amide bonds. The van der Waals surface area contributed by atoms with Crippen molar-refractivity contribution in [3.63, 3.8) is 0 Å². The lowest BCUT2D eigenvalue weighted by atomic mass is 10.2. The van der Waals surface area contributed by atoms with Crippen LogP contribution in [0, 0.1) is 5.82 Å². The third-order valence-corrected chi connectivity index (χ3v) is 4.22. The summed E-state index contributed by atoms with van der Waals surface area (Å²) < 4.78 is 13.9. The van der Waals surface area contributed by atoms with Gasteiger partial charge in [0.15, 0.2) is 0 Å². The minimum atomic E-state index is -0.299. The van der Waals surface area contributed by atoms with E-state index in [0.717, 1.165) is 15.6 Å². The number of amides is 1. The molecule has 3 aromatic rings. The molecule has 0 saturated heterocycles. The third-order valence-electron chi connectivity index (χ3n) is 3.13. The van der Waals surface area contributed by atoms with Gasteiger partial charge in [0, 0.05) is 16.9 Å². The predicted molar refractivity (Wildman–Crippen MR) is 84.1 cm³/mol. The number of hydrogen-bond acceptors (Lipinski definition) is 3. The number of nitrogens with two attached hydrogens (primary N) is 1. The van der Waals surface area contributed by atoms with E-state index in [-0.39, 0.29) is 11.7 Å². The Labute approximate surface area is 125 Å². The number of carbonyl (C=O) groups is 1. The van der Waals surface area contributed by atoms with Crippen molar-refractivity contribution in [2.24, 2.45) is 5.73 Å². The van der Waals surface area contributed by atoms with Gasteiger partial charge in [-0.15, -0.1) is 11.3 Å². The van der Waals surface area contributed by atoms with Crippen LogP contribution in [0.25, 0.3) is 10.1 Å². The van der Waals surface area contributed by atoms with Gasteiger partial charge in [0.1, 0.15) is 5.82 Å². The summed E-state index contributed by atoms with van der Waals surface area (Å²) >= 11 is 1.27. The maximum atomic E-state index is 13.2. The first-order valence-electron chi connectivity index (χ1n) is 6.45. The molecular formula is C16H13FN2OS. The van der Waals surface area contributed by atoms with Crippen LogP contribution in [0.5, 0.6) is 0 Å². The summed E-state index contributed by atoms with van der Waals surface area (Å²) in [5.74, 6) is -0.502. The highest BCUT2D eigenvalue weighted by atomic mass is 32.1. The van der Waals surface area contributed by atoms with E-state index in [1.807, 2.05) is 24.3 Å². The number of anilines is 1. The van der Waals surface area contributed by atoms with Gasteiger partial charge in [-0.25, -0.2) is 4.39 Å². The van der Waals surface area contributed by atoms with Crippen LogP contribution in [0.4, 0.5) is 10.1 Å². The Hall–Kier alpha value is -2.24. The van der Waals surface area contributed by atoms with Crippen molar-refractivity contribution < 1.29 is 9.18 Å². The van der Waals surface area contributed by atoms with Crippen LogP contribution in [0.1, 0.15) is 15.2 Å². The number of nitrogens with one attached hydrogen (secondary N) is 1. The van der Waals surface area contributed by atoms with E-state index >= 15 is 0 Å². The molecule has 21 heavy (non-hydrogen) atoms. The van der Waals surface area contributed by atoms with Gasteiger partial charge in [-0.1, -0.05) is 18.2 Å². The van der Waals surface area contributed by atoms with Crippen LogP contribution >= 0.6 is 11.3 Å². The van der Waals surface area contributed by atoms with E-state index in [1.165, 1.54) is 23.5 Å². The maximum Gasteiger partial charge on any atom is 0.265 e. The molecule has 1 aromatic heterocycles. The van der Waals surface area contributed by atoms with E-state index in [1.54, 1.807) is 12.1 Å². The zero-order chi connectivity index (χ0) is 14.8. The van der Waals surface area contributed by atoms with Crippen LogP contribution in [-0.2, 0) is 6.54 Å². The second kappa shape index (κ2) is 5.63. The Bertz CT molecular complexity index is 813. The third kappa shape index (κ3) is 2.94. The number of rotatable bonds is 3. The van der Waals surface area contributed by atoms with Gasteiger partial charge in [0.25, 0.3) is 5.91 Å². The molecule has 106 valence electrons. The zero-order valence-electron chi connectivity index (χ0n) is 11.1. The van der Waals surface area contributed by atoms with Crippen molar-refractivity contribution in [1.29, 1.82) is 0 Å². The van der Waals surface area contributed by atoms with Crippen LogP contribution in [-0.4, -0.2) is 5.91 Å². The quantitative estimate of drug-likeness (QED) is 0.774. The summed E-state index contributed by atoms with van der Waals surface area (Å²) in [5, 5.41) is 3.69. The average molecular weight is 300 g/mol. The van der Waals surface area contributed by atoms with Gasteiger partial charge in [-0.3, -0.25) is 4.79 Å². The van der Waals surface area contributed by atoms with E-state index < -0.39 is 0 Å². The lowest BCUT2D eigenvalue weighted by Crippen LogP contribution is -2.10. The first-order valence-corrected chi connectivity index (χ1v) is 7.27. The summed E-state index contributed by atoms with van der Waals surface area (Å²) in [6, 6.07) is 13.7. The van der Waals surface area contributed by atoms with Crippen molar-refractivity contribution in [1.82, 2.24) is 0 Å². The summed E-state index contributed by atoms with van der Waals surface area (Å²) in [5.41, 5.74) is 7.23. The first kappa shape index (κ1) is 13.7. The van der Waals surface area contributed by atoms with Crippen molar-refractivity contribution >= 4 is 33.0 Å². The average Bonchev–Trinajstić information content (AvgIpc) is 2.90. The topological polar surface area (TPSA) is 55.1 Å². The number of halogens is 1. The standard InChI is InChI=1S/C16H13FN2OS/c17-12-5-4-11-7-15(21-14(11)8-12)16(20)19-13-3-1-2-10(6-13)9-18/h1-8H,9,18H2,(H,19,20). The summed E-state index contributed by atoms with van der Waals surface area (Å²) in [7, 11) is 0. The normalized spacial score (nSPS) is 10.8. The largest absolute Gasteiger partial charge is 0.326 e. The zero-order valence-corrected chi connectivity index (χ0v) is 11.9. The highest BCUT2D eigenvalue weighted by Crippen LogP contribution is 2.27. The van der Waals surface area contributed by atoms with Gasteiger partial charge in [0.05, 0.1) is 4.88 Å². The second-order valence-corrected chi connectivity index (χ2v) is 5.74. The van der Waals surface area contributed by atoms with Crippen molar-refractivity contribution in [3.8, 4) is 0 Å². The number of hydrogen-bond donors (Lipinski definition) is 2. The Kier molecular flexibility index (Phi) is 3.68. The van der Waals surface area contributed by atoms with Crippen molar-refractivity contribution in [2.75, 3.05) is 5.32 Å². The maximum absolute atomic E-state index is 13.2. The molecular weight excluding hydrogens is 287 g/mol. The van der Waals surface area contributed by atoms with Gasteiger partial charge in [-0.2, -0.15) is 0 Å². The van der Waals surface area contributed by atoms with Crippen LogP contribution < -0.4 is 11.1 Å². The first-order chi connectivity index (χ1) is 10.2. The molecule has 0 saturated carbocycles. The number of fused-ring (bicyclic) bond motifs is 1. The van der Waals surface area contributed by atoms with E-state index in [2.05, 4.69) is 5.32 Å². The van der Waals surface area contributed by atoms with E-state index in [9.17, 15) is 9.18 Å². The Morgan fingerprint density at radius 3 is 2.86 bits per heavy atom. The molecule has 0 atom stereocenters. The predicted octanol–water partition coefficient (Wildman–Crippen LogP) is 3.75. The molecule has 5 heteroatoms. The Morgan fingerprint density at radius 2 is 2.05 bits per heavy atom. The number of benzene rings is 2. The van der Waals surface area contributed by atoms with Crippen LogP contribution in [0.2, 0.25) is 0 Å².